The van der Waals surface area contributed by atoms with Crippen LogP contribution in [0.5, 0.6) is 0 Å². The number of amides is 1. The molecule has 0 atom stereocenters. The molecule has 0 bridgehead atoms. The fourth-order valence-corrected chi connectivity index (χ4v) is 3.94. The minimum atomic E-state index is -4.49. The first-order valence-electron chi connectivity index (χ1n) is 8.87. The van der Waals surface area contributed by atoms with Crippen molar-refractivity contribution in [2.45, 2.75) is 18.0 Å². The lowest BCUT2D eigenvalue weighted by Crippen LogP contribution is -2.15. The number of nitrogens with zero attached hydrogens (tertiary/aromatic N) is 2. The summed E-state index contributed by atoms with van der Waals surface area (Å²) < 4.78 is 38.6. The number of rotatable bonds is 3. The molecule has 2 N–H and O–H groups in total. The van der Waals surface area contributed by atoms with Crippen LogP contribution in [-0.4, -0.2) is 15.9 Å². The maximum Gasteiger partial charge on any atom is 0.416 e. The van der Waals surface area contributed by atoms with Crippen molar-refractivity contribution < 1.29 is 18.0 Å². The number of alkyl halides is 3. The third-order valence-electron chi connectivity index (χ3n) is 4.34. The number of anilines is 2. The van der Waals surface area contributed by atoms with E-state index >= 15 is 0 Å². The lowest BCUT2D eigenvalue weighted by molar-refractivity contribution is -0.137. The summed E-state index contributed by atoms with van der Waals surface area (Å²) in [5.41, 5.74) is 1.66. The van der Waals surface area contributed by atoms with E-state index in [2.05, 4.69) is 20.6 Å². The molecule has 0 radical (unpaired) electrons. The predicted octanol–water partition coefficient (Wildman–Crippen LogP) is 5.65. The average Bonchev–Trinajstić information content (AvgIpc) is 2.73. The highest BCUT2D eigenvalue weighted by molar-refractivity contribution is 8.08. The van der Waals surface area contributed by atoms with Crippen LogP contribution in [0.2, 0.25) is 0 Å². The molecule has 1 aliphatic rings. The van der Waals surface area contributed by atoms with E-state index < -0.39 is 17.6 Å². The van der Waals surface area contributed by atoms with Gasteiger partial charge in [-0.1, -0.05) is 30.0 Å². The first kappa shape index (κ1) is 20.0. The van der Waals surface area contributed by atoms with Crippen LogP contribution in [0.3, 0.4) is 0 Å². The molecule has 0 saturated heterocycles. The zero-order valence-electron chi connectivity index (χ0n) is 15.6. The molecule has 30 heavy (non-hydrogen) atoms. The number of fused-ring (bicyclic) bond motifs is 1. The largest absolute Gasteiger partial charge is 0.416 e. The SMILES string of the molecule is CC1=C(c2cc(C(=O)Nc3cccc(C(F)(F)F)c3)ncn2)Sc2ccccc2N1. The Kier molecular flexibility index (Phi) is 5.21. The third kappa shape index (κ3) is 4.16. The maximum absolute atomic E-state index is 12.9. The maximum atomic E-state index is 12.9. The molecule has 1 amide bonds. The summed E-state index contributed by atoms with van der Waals surface area (Å²) in [7, 11) is 0. The number of hydrogen-bond acceptors (Lipinski definition) is 5. The van der Waals surface area contributed by atoms with E-state index in [0.29, 0.717) is 5.69 Å². The molecule has 4 rings (SSSR count). The van der Waals surface area contributed by atoms with Gasteiger partial charge in [-0.3, -0.25) is 4.79 Å². The number of carbonyl (C=O) groups is 1. The van der Waals surface area contributed by atoms with Crippen LogP contribution in [0.25, 0.3) is 4.91 Å². The van der Waals surface area contributed by atoms with Crippen LogP contribution >= 0.6 is 11.8 Å². The Hall–Kier alpha value is -3.33. The van der Waals surface area contributed by atoms with Crippen molar-refractivity contribution in [3.8, 4) is 0 Å². The van der Waals surface area contributed by atoms with Crippen LogP contribution in [0.1, 0.15) is 28.7 Å². The quantitative estimate of drug-likeness (QED) is 0.564. The molecular formula is C21H15F3N4OS. The fraction of sp³-hybridized carbons (Fsp3) is 0.0952. The Balaban J connectivity index is 1.58. The average molecular weight is 428 g/mol. The Morgan fingerprint density at radius 3 is 2.67 bits per heavy atom. The molecule has 9 heteroatoms. The van der Waals surface area contributed by atoms with Gasteiger partial charge >= 0.3 is 6.18 Å². The number of benzene rings is 2. The van der Waals surface area contributed by atoms with Gasteiger partial charge in [-0.2, -0.15) is 13.2 Å². The Morgan fingerprint density at radius 2 is 1.87 bits per heavy atom. The lowest BCUT2D eigenvalue weighted by Gasteiger charge is -2.21. The van der Waals surface area contributed by atoms with Crippen LogP contribution < -0.4 is 10.6 Å². The van der Waals surface area contributed by atoms with Gasteiger partial charge in [0.15, 0.2) is 0 Å². The Labute approximate surface area is 174 Å². The number of carbonyl (C=O) groups excluding carboxylic acids is 1. The molecule has 2 heterocycles. The van der Waals surface area contributed by atoms with Crippen molar-refractivity contribution in [2.24, 2.45) is 0 Å². The molecule has 3 aromatic rings. The van der Waals surface area contributed by atoms with Crippen molar-refractivity contribution in [1.82, 2.24) is 9.97 Å². The molecule has 1 aliphatic heterocycles. The van der Waals surface area contributed by atoms with Crippen LogP contribution in [0.15, 0.2) is 71.5 Å². The number of nitrogens with one attached hydrogen (secondary N) is 2. The van der Waals surface area contributed by atoms with Crippen molar-refractivity contribution >= 4 is 33.9 Å². The summed E-state index contributed by atoms with van der Waals surface area (Å²) in [5, 5.41) is 5.77. The minimum Gasteiger partial charge on any atom is -0.357 e. The fourth-order valence-electron chi connectivity index (χ4n) is 2.92. The zero-order chi connectivity index (χ0) is 21.3. The number of halogens is 3. The summed E-state index contributed by atoms with van der Waals surface area (Å²) >= 11 is 1.52. The highest BCUT2D eigenvalue weighted by Crippen LogP contribution is 2.43. The van der Waals surface area contributed by atoms with Gasteiger partial charge in [0, 0.05) is 16.3 Å². The summed E-state index contributed by atoms with van der Waals surface area (Å²) in [4.78, 5) is 22.7. The van der Waals surface area contributed by atoms with Crippen LogP contribution in [0.4, 0.5) is 24.5 Å². The van der Waals surface area contributed by atoms with E-state index in [0.717, 1.165) is 33.3 Å². The molecule has 1 aromatic heterocycles. The van der Waals surface area contributed by atoms with Crippen molar-refractivity contribution in [2.75, 3.05) is 10.6 Å². The first-order valence-corrected chi connectivity index (χ1v) is 9.69. The lowest BCUT2D eigenvalue weighted by atomic mass is 10.2. The highest BCUT2D eigenvalue weighted by atomic mass is 32.2. The highest BCUT2D eigenvalue weighted by Gasteiger charge is 2.30. The monoisotopic (exact) mass is 428 g/mol. The smallest absolute Gasteiger partial charge is 0.357 e. The van der Waals surface area contributed by atoms with Crippen molar-refractivity contribution in [1.29, 1.82) is 0 Å². The molecule has 5 nitrogen and oxygen atoms in total. The normalized spacial score (nSPS) is 13.5. The molecule has 152 valence electrons. The minimum absolute atomic E-state index is 0.0352. The van der Waals surface area contributed by atoms with Gasteiger partial charge in [-0.25, -0.2) is 9.97 Å². The standard InChI is InChI=1S/C21H15F3N4OS/c1-12-19(30-18-8-3-2-7-15(18)27-12)16-10-17(26-11-25-16)20(29)28-14-6-4-5-13(9-14)21(22,23)24/h2-11,27H,1H3,(H,28,29). The second-order valence-corrected chi connectivity index (χ2v) is 7.55. The van der Waals surface area contributed by atoms with Crippen LogP contribution in [0, 0.1) is 0 Å². The molecule has 0 unspecified atom stereocenters. The van der Waals surface area contributed by atoms with Gasteiger partial charge in [0.25, 0.3) is 5.91 Å². The van der Waals surface area contributed by atoms with E-state index in [9.17, 15) is 18.0 Å². The molecule has 2 aromatic carbocycles. The van der Waals surface area contributed by atoms with E-state index in [-0.39, 0.29) is 11.4 Å². The van der Waals surface area contributed by atoms with Gasteiger partial charge in [-0.05, 0) is 43.3 Å². The van der Waals surface area contributed by atoms with E-state index in [1.807, 2.05) is 31.2 Å². The summed E-state index contributed by atoms with van der Waals surface area (Å²) in [6.07, 6.45) is -3.23. The molecule has 0 fully saturated rings. The second-order valence-electron chi connectivity index (χ2n) is 6.50. The summed E-state index contributed by atoms with van der Waals surface area (Å²) in [5.74, 6) is -0.620. The first-order chi connectivity index (χ1) is 14.3. The predicted molar refractivity (Wildman–Crippen MR) is 110 cm³/mol. The number of aromatic nitrogens is 2. The van der Waals surface area contributed by atoms with Crippen LogP contribution in [-0.2, 0) is 6.18 Å². The number of thioether (sulfide) groups is 1. The molecule has 0 spiro atoms. The summed E-state index contributed by atoms with van der Waals surface area (Å²) in [6.45, 7) is 1.91. The second kappa shape index (κ2) is 7.83. The number of hydrogen-bond donors (Lipinski definition) is 2. The molecule has 0 aliphatic carbocycles. The molecular weight excluding hydrogens is 413 g/mol. The Bertz CT molecular complexity index is 1160. The van der Waals surface area contributed by atoms with Gasteiger partial charge < -0.3 is 10.6 Å². The van der Waals surface area contributed by atoms with Gasteiger partial charge in [0.1, 0.15) is 12.0 Å². The van der Waals surface area contributed by atoms with Gasteiger partial charge in [-0.15, -0.1) is 0 Å². The van der Waals surface area contributed by atoms with Crippen molar-refractivity contribution in [3.05, 3.63) is 83.6 Å². The van der Waals surface area contributed by atoms with E-state index in [1.54, 1.807) is 0 Å². The van der Waals surface area contributed by atoms with Gasteiger partial charge in [0.05, 0.1) is 21.8 Å². The topological polar surface area (TPSA) is 66.9 Å². The molecule has 0 saturated carbocycles. The van der Waals surface area contributed by atoms with E-state index in [1.165, 1.54) is 36.3 Å². The number of allylic oxidation sites excluding steroid dienone is 1. The van der Waals surface area contributed by atoms with Gasteiger partial charge in [0.2, 0.25) is 0 Å². The Morgan fingerprint density at radius 1 is 1.07 bits per heavy atom. The third-order valence-corrected chi connectivity index (χ3v) is 5.64. The number of para-hydroxylation sites is 1. The zero-order valence-corrected chi connectivity index (χ0v) is 16.4. The van der Waals surface area contributed by atoms with Crippen molar-refractivity contribution in [3.63, 3.8) is 0 Å². The summed E-state index contributed by atoms with van der Waals surface area (Å²) in [6, 6.07) is 13.8. The van der Waals surface area contributed by atoms with E-state index in [4.69, 9.17) is 0 Å².